The molecule has 2 fully saturated rings. The molecule has 0 unspecified atom stereocenters. The van der Waals surface area contributed by atoms with Crippen LogP contribution < -0.4 is 0 Å². The average molecular weight is 615 g/mol. The van der Waals surface area contributed by atoms with E-state index in [1.54, 1.807) is 0 Å². The van der Waals surface area contributed by atoms with Gasteiger partial charge in [-0.25, -0.2) is 0 Å². The summed E-state index contributed by atoms with van der Waals surface area (Å²) in [7, 11) is 0. The number of piperazine rings is 1. The van der Waals surface area contributed by atoms with Crippen molar-refractivity contribution in [2.45, 2.75) is 79.1 Å². The van der Waals surface area contributed by atoms with E-state index in [-0.39, 0.29) is 23.9 Å². The second kappa shape index (κ2) is 25.1. The van der Waals surface area contributed by atoms with E-state index in [0.29, 0.717) is 52.1 Å². The van der Waals surface area contributed by atoms with Gasteiger partial charge >= 0.3 is 23.9 Å². The monoisotopic (exact) mass is 614 g/mol. The highest BCUT2D eigenvalue weighted by Gasteiger charge is 2.21. The lowest BCUT2D eigenvalue weighted by atomic mass is 10.2. The van der Waals surface area contributed by atoms with Crippen LogP contribution in [0, 0.1) is 0 Å². The van der Waals surface area contributed by atoms with Crippen molar-refractivity contribution >= 4 is 23.9 Å². The van der Waals surface area contributed by atoms with E-state index in [9.17, 15) is 19.2 Å². The molecule has 0 amide bonds. The van der Waals surface area contributed by atoms with Gasteiger partial charge in [-0.1, -0.05) is 27.7 Å². The van der Waals surface area contributed by atoms with E-state index in [1.807, 2.05) is 27.7 Å². The summed E-state index contributed by atoms with van der Waals surface area (Å²) in [4.78, 5) is 54.8. The molecule has 2 heterocycles. The van der Waals surface area contributed by atoms with Crippen molar-refractivity contribution in [2.75, 3.05) is 98.5 Å². The van der Waals surface area contributed by atoms with Gasteiger partial charge in [-0.2, -0.15) is 0 Å². The number of esters is 4. The molecule has 0 aromatic rings. The minimum atomic E-state index is -0.126. The van der Waals surface area contributed by atoms with Crippen LogP contribution in [0.2, 0.25) is 0 Å². The van der Waals surface area contributed by atoms with Crippen LogP contribution in [0.25, 0.3) is 0 Å². The normalized spacial score (nSPS) is 16.3. The van der Waals surface area contributed by atoms with Crippen LogP contribution >= 0.6 is 0 Å². The maximum Gasteiger partial charge on any atom is 0.307 e. The Kier molecular flexibility index (Phi) is 22.6. The lowest BCUT2D eigenvalue weighted by Gasteiger charge is -2.34. The van der Waals surface area contributed by atoms with Crippen LogP contribution in [0.3, 0.4) is 0 Å². The molecule has 0 aromatic carbocycles. The summed E-state index contributed by atoms with van der Waals surface area (Å²) in [6, 6.07) is 0. The number of nitrogens with zero attached hydrogens (tertiary/aromatic N) is 4. The highest BCUT2D eigenvalue weighted by atomic mass is 16.5. The van der Waals surface area contributed by atoms with E-state index >= 15 is 0 Å². The summed E-state index contributed by atoms with van der Waals surface area (Å²) >= 11 is 0. The fraction of sp³-hybridized carbons (Fsp3) is 0.871. The predicted octanol–water partition coefficient (Wildman–Crippen LogP) is 2.54. The molecule has 0 bridgehead atoms. The Morgan fingerprint density at radius 2 is 0.651 bits per heavy atom. The standard InChI is InChI=1S/C16H30N2O4.C15H28N2O4/c1-3-13-21-15(19)5-7-17-9-11-18(12-10-17)8-6-16(20)22-14-4-2;1-3-11-20-14(18)5-7-16-9-10-17(13-16)8-6-15(19)21-12-4-2/h3-14H2,1-2H3;3-13H2,1-2H3. The van der Waals surface area contributed by atoms with Crippen LogP contribution in [0.4, 0.5) is 0 Å². The van der Waals surface area contributed by atoms with Gasteiger partial charge in [-0.15, -0.1) is 0 Å². The highest BCUT2D eigenvalue weighted by Crippen LogP contribution is 2.08. The van der Waals surface area contributed by atoms with Crippen molar-refractivity contribution in [1.29, 1.82) is 0 Å². The van der Waals surface area contributed by atoms with Gasteiger partial charge in [0.25, 0.3) is 0 Å². The number of carbonyl (C=O) groups excluding carboxylic acids is 4. The van der Waals surface area contributed by atoms with Gasteiger partial charge < -0.3 is 28.7 Å². The Morgan fingerprint density at radius 1 is 0.419 bits per heavy atom. The molecule has 12 nitrogen and oxygen atoms in total. The summed E-state index contributed by atoms with van der Waals surface area (Å²) in [5, 5.41) is 0. The van der Waals surface area contributed by atoms with E-state index in [4.69, 9.17) is 18.9 Å². The molecule has 0 spiro atoms. The maximum atomic E-state index is 11.5. The molecule has 0 radical (unpaired) electrons. The molecular weight excluding hydrogens is 556 g/mol. The first-order valence-electron chi connectivity index (χ1n) is 16.3. The fourth-order valence-electron chi connectivity index (χ4n) is 4.46. The zero-order valence-corrected chi connectivity index (χ0v) is 27.3. The smallest absolute Gasteiger partial charge is 0.307 e. The van der Waals surface area contributed by atoms with Crippen molar-refractivity contribution in [3.63, 3.8) is 0 Å². The van der Waals surface area contributed by atoms with Gasteiger partial charge in [0.15, 0.2) is 0 Å². The van der Waals surface area contributed by atoms with Gasteiger partial charge in [-0.3, -0.25) is 29.0 Å². The van der Waals surface area contributed by atoms with E-state index in [1.165, 1.54) is 0 Å². The molecule has 2 saturated heterocycles. The second-order valence-corrected chi connectivity index (χ2v) is 10.9. The van der Waals surface area contributed by atoms with Gasteiger partial charge in [0.2, 0.25) is 0 Å². The molecule has 2 aliphatic rings. The SMILES string of the molecule is CCCOC(=O)CCN1CCN(CCC(=O)OCCC)C1.CCCOC(=O)CCN1CCN(CCC(=O)OCCC)CC1. The number of hydrogen-bond acceptors (Lipinski definition) is 12. The first-order chi connectivity index (χ1) is 20.8. The van der Waals surface area contributed by atoms with Crippen molar-refractivity contribution in [3.05, 3.63) is 0 Å². The molecule has 0 aromatic heterocycles. The van der Waals surface area contributed by atoms with Gasteiger partial charge in [0.05, 0.1) is 58.8 Å². The van der Waals surface area contributed by atoms with E-state index < -0.39 is 0 Å². The zero-order valence-electron chi connectivity index (χ0n) is 27.3. The largest absolute Gasteiger partial charge is 0.466 e. The first-order valence-corrected chi connectivity index (χ1v) is 16.3. The van der Waals surface area contributed by atoms with Crippen LogP contribution in [0.15, 0.2) is 0 Å². The molecule has 12 heteroatoms. The van der Waals surface area contributed by atoms with Crippen LogP contribution in [-0.2, 0) is 38.1 Å². The average Bonchev–Trinajstić information content (AvgIpc) is 3.49. The minimum Gasteiger partial charge on any atom is -0.466 e. The lowest BCUT2D eigenvalue weighted by molar-refractivity contribution is -0.145. The highest BCUT2D eigenvalue weighted by molar-refractivity contribution is 5.70. The third-order valence-corrected chi connectivity index (χ3v) is 6.99. The Morgan fingerprint density at radius 3 is 0.907 bits per heavy atom. The van der Waals surface area contributed by atoms with Crippen molar-refractivity contribution in [2.24, 2.45) is 0 Å². The van der Waals surface area contributed by atoms with Crippen LogP contribution in [0.1, 0.15) is 79.1 Å². The molecular formula is C31H58N4O8. The van der Waals surface area contributed by atoms with Gasteiger partial charge in [-0.05, 0) is 25.7 Å². The maximum absolute atomic E-state index is 11.5. The molecule has 250 valence electrons. The van der Waals surface area contributed by atoms with Crippen molar-refractivity contribution in [1.82, 2.24) is 19.6 Å². The predicted molar refractivity (Wildman–Crippen MR) is 164 cm³/mol. The summed E-state index contributed by atoms with van der Waals surface area (Å²) in [6.45, 7) is 19.4. The molecule has 2 rings (SSSR count). The Hall–Kier alpha value is -2.28. The van der Waals surface area contributed by atoms with E-state index in [2.05, 4.69) is 19.6 Å². The van der Waals surface area contributed by atoms with Crippen molar-refractivity contribution in [3.8, 4) is 0 Å². The lowest BCUT2D eigenvalue weighted by Crippen LogP contribution is -2.47. The summed E-state index contributed by atoms with van der Waals surface area (Å²) in [5.74, 6) is -0.470. The Balaban J connectivity index is 0.000000430. The summed E-state index contributed by atoms with van der Waals surface area (Å²) in [6.07, 6.45) is 5.25. The van der Waals surface area contributed by atoms with E-state index in [0.717, 1.165) is 97.8 Å². The Labute approximate surface area is 259 Å². The number of ether oxygens (including phenoxy) is 4. The fourth-order valence-corrected chi connectivity index (χ4v) is 4.46. The molecule has 0 saturated carbocycles. The number of hydrogen-bond donors (Lipinski definition) is 0. The number of carbonyl (C=O) groups is 4. The molecule has 0 atom stereocenters. The van der Waals surface area contributed by atoms with Gasteiger partial charge in [0, 0.05) is 65.4 Å². The number of rotatable bonds is 20. The quantitative estimate of drug-likeness (QED) is 0.148. The van der Waals surface area contributed by atoms with Gasteiger partial charge in [0.1, 0.15) is 0 Å². The topological polar surface area (TPSA) is 118 Å². The van der Waals surface area contributed by atoms with Crippen LogP contribution in [0.5, 0.6) is 0 Å². The molecule has 0 aliphatic carbocycles. The van der Waals surface area contributed by atoms with Crippen molar-refractivity contribution < 1.29 is 38.1 Å². The Bertz CT molecular complexity index is 715. The molecule has 0 N–H and O–H groups in total. The minimum absolute atomic E-state index is 0.108. The van der Waals surface area contributed by atoms with Crippen LogP contribution in [-0.4, -0.2) is 142 Å². The molecule has 2 aliphatic heterocycles. The second-order valence-electron chi connectivity index (χ2n) is 10.9. The summed E-state index contributed by atoms with van der Waals surface area (Å²) < 4.78 is 20.3. The molecule has 43 heavy (non-hydrogen) atoms. The third kappa shape index (κ3) is 20.3. The third-order valence-electron chi connectivity index (χ3n) is 6.99. The zero-order chi connectivity index (χ0) is 31.7. The summed E-state index contributed by atoms with van der Waals surface area (Å²) in [5.41, 5.74) is 0. The first kappa shape index (κ1) is 38.7.